The zero-order valence-electron chi connectivity index (χ0n) is 33.5. The molecule has 0 fully saturated rings. The Morgan fingerprint density at radius 2 is 0.484 bits per heavy atom. The van der Waals surface area contributed by atoms with Crippen molar-refractivity contribution >= 4 is 21.5 Å². The molecule has 0 saturated heterocycles. The van der Waals surface area contributed by atoms with Crippen molar-refractivity contribution in [1.82, 2.24) is 29.9 Å². The van der Waals surface area contributed by atoms with Crippen molar-refractivity contribution in [2.45, 2.75) is 0 Å². The molecule has 0 amide bonds. The number of hydrogen-bond donors (Lipinski definition) is 0. The molecule has 9 aromatic carbocycles. The van der Waals surface area contributed by atoms with Gasteiger partial charge in [-0.3, -0.25) is 0 Å². The highest BCUT2D eigenvalue weighted by Crippen LogP contribution is 2.47. The third-order valence-corrected chi connectivity index (χ3v) is 11.2. The molecule has 0 radical (unpaired) electrons. The van der Waals surface area contributed by atoms with Gasteiger partial charge in [-0.1, -0.05) is 218 Å². The summed E-state index contributed by atoms with van der Waals surface area (Å²) in [5.74, 6) is 3.72. The molecule has 0 N–H and O–H groups in total. The van der Waals surface area contributed by atoms with Crippen molar-refractivity contribution < 1.29 is 0 Å². The summed E-state index contributed by atoms with van der Waals surface area (Å²) in [7, 11) is 0. The number of rotatable bonds is 8. The molecule has 0 aliphatic carbocycles. The van der Waals surface area contributed by atoms with E-state index < -0.39 is 0 Å². The predicted octanol–water partition coefficient (Wildman–Crippen LogP) is 13.7. The highest BCUT2D eigenvalue weighted by molar-refractivity contribution is 6.25. The summed E-state index contributed by atoms with van der Waals surface area (Å²) in [6.07, 6.45) is 0. The minimum atomic E-state index is 0.608. The van der Waals surface area contributed by atoms with Crippen LogP contribution in [0.25, 0.3) is 112 Å². The van der Waals surface area contributed by atoms with E-state index in [1.54, 1.807) is 0 Å². The van der Waals surface area contributed by atoms with Crippen molar-refractivity contribution in [3.8, 4) is 90.6 Å². The Hall–Kier alpha value is -8.48. The summed E-state index contributed by atoms with van der Waals surface area (Å²) in [6.45, 7) is 0. The molecule has 0 saturated carbocycles. The zero-order valence-corrected chi connectivity index (χ0v) is 33.5. The van der Waals surface area contributed by atoms with Gasteiger partial charge in [0.1, 0.15) is 0 Å². The van der Waals surface area contributed by atoms with Gasteiger partial charge in [0.2, 0.25) is 0 Å². The molecule has 0 unspecified atom stereocenters. The number of nitrogens with zero attached hydrogens (tertiary/aromatic N) is 6. The minimum Gasteiger partial charge on any atom is -0.208 e. The second-order valence-corrected chi connectivity index (χ2v) is 15.0. The average Bonchev–Trinajstić information content (AvgIpc) is 3.37. The van der Waals surface area contributed by atoms with Crippen molar-refractivity contribution in [2.75, 3.05) is 0 Å². The molecule has 2 aromatic heterocycles. The summed E-state index contributed by atoms with van der Waals surface area (Å²) in [5, 5.41) is 4.42. The second kappa shape index (κ2) is 15.9. The fourth-order valence-electron chi connectivity index (χ4n) is 8.28. The van der Waals surface area contributed by atoms with Crippen LogP contribution >= 0.6 is 0 Å². The van der Waals surface area contributed by atoms with E-state index in [-0.39, 0.29) is 0 Å². The molecular weight excluding hydrogens is 757 g/mol. The smallest absolute Gasteiger partial charge is 0.164 e. The van der Waals surface area contributed by atoms with Crippen LogP contribution in [0, 0.1) is 0 Å². The molecule has 0 atom stereocenters. The number of benzene rings is 9. The second-order valence-electron chi connectivity index (χ2n) is 15.0. The zero-order chi connectivity index (χ0) is 41.2. The van der Waals surface area contributed by atoms with Gasteiger partial charge >= 0.3 is 0 Å². The Morgan fingerprint density at radius 3 is 0.919 bits per heavy atom. The Bertz CT molecular complexity index is 3250. The highest BCUT2D eigenvalue weighted by Gasteiger charge is 2.22. The van der Waals surface area contributed by atoms with Gasteiger partial charge in [0.25, 0.3) is 0 Å². The topological polar surface area (TPSA) is 77.3 Å². The Balaban J connectivity index is 1.14. The van der Waals surface area contributed by atoms with Crippen LogP contribution in [0.2, 0.25) is 0 Å². The van der Waals surface area contributed by atoms with E-state index in [0.29, 0.717) is 34.9 Å². The third kappa shape index (κ3) is 6.85. The Labute approximate surface area is 359 Å². The third-order valence-electron chi connectivity index (χ3n) is 11.2. The summed E-state index contributed by atoms with van der Waals surface area (Å²) >= 11 is 0. The lowest BCUT2D eigenvalue weighted by atomic mass is 9.83. The molecule has 11 rings (SSSR count). The number of fused-ring (bicyclic) bond motifs is 3. The van der Waals surface area contributed by atoms with E-state index >= 15 is 0 Å². The molecule has 0 aliphatic heterocycles. The summed E-state index contributed by atoms with van der Waals surface area (Å²) in [4.78, 5) is 30.4. The van der Waals surface area contributed by atoms with Gasteiger partial charge in [0, 0.05) is 38.8 Å². The van der Waals surface area contributed by atoms with Gasteiger partial charge < -0.3 is 0 Å². The van der Waals surface area contributed by atoms with Gasteiger partial charge in [0.15, 0.2) is 34.9 Å². The van der Waals surface area contributed by atoms with E-state index in [0.717, 1.165) is 77.2 Å². The molecule has 0 spiro atoms. The van der Waals surface area contributed by atoms with Crippen LogP contribution < -0.4 is 0 Å². The maximum Gasteiger partial charge on any atom is 0.164 e. The van der Waals surface area contributed by atoms with Crippen LogP contribution in [0.5, 0.6) is 0 Å². The first-order valence-corrected chi connectivity index (χ1v) is 20.6. The lowest BCUT2D eigenvalue weighted by Crippen LogP contribution is -2.01. The van der Waals surface area contributed by atoms with E-state index in [1.807, 2.05) is 121 Å². The van der Waals surface area contributed by atoms with E-state index in [2.05, 4.69) is 97.1 Å². The van der Waals surface area contributed by atoms with E-state index in [9.17, 15) is 0 Å². The lowest BCUT2D eigenvalue weighted by molar-refractivity contribution is 1.07. The van der Waals surface area contributed by atoms with Crippen LogP contribution in [-0.2, 0) is 0 Å². The normalized spacial score (nSPS) is 11.2. The van der Waals surface area contributed by atoms with Crippen molar-refractivity contribution in [2.24, 2.45) is 0 Å². The van der Waals surface area contributed by atoms with Crippen LogP contribution in [0.1, 0.15) is 0 Å². The van der Waals surface area contributed by atoms with Gasteiger partial charge in [-0.25, -0.2) is 29.9 Å². The van der Waals surface area contributed by atoms with Crippen molar-refractivity contribution in [3.63, 3.8) is 0 Å². The van der Waals surface area contributed by atoms with Crippen molar-refractivity contribution in [1.29, 1.82) is 0 Å². The maximum atomic E-state index is 5.20. The standard InChI is InChI=1S/C56H36N6/c1-6-19-37(20-7-1)48-44-29-16-17-30-45(44)50-46(31-18-32-47(50)56-61-53(41-25-12-4-13-26-41)60-54(62-56)42-27-14-5-15-28-42)49(48)38-33-35-43(36-34-38)55-58-51(39-21-8-2-9-22-39)57-52(59-55)40-23-10-3-11-24-40/h1-36H. The van der Waals surface area contributed by atoms with Crippen LogP contribution in [0.3, 0.4) is 0 Å². The first kappa shape index (κ1) is 36.6. The van der Waals surface area contributed by atoms with Crippen LogP contribution in [0.15, 0.2) is 218 Å². The molecule has 2 heterocycles. The number of hydrogen-bond acceptors (Lipinski definition) is 6. The molecule has 0 bridgehead atoms. The van der Waals surface area contributed by atoms with Crippen LogP contribution in [-0.4, -0.2) is 29.9 Å². The highest BCUT2D eigenvalue weighted by atomic mass is 15.0. The van der Waals surface area contributed by atoms with Gasteiger partial charge in [-0.2, -0.15) is 0 Å². The lowest BCUT2D eigenvalue weighted by Gasteiger charge is -2.20. The van der Waals surface area contributed by atoms with Gasteiger partial charge in [0.05, 0.1) is 0 Å². The van der Waals surface area contributed by atoms with E-state index in [1.165, 1.54) is 0 Å². The summed E-state index contributed by atoms with van der Waals surface area (Å²) in [5.41, 5.74) is 10.0. The fourth-order valence-corrected chi connectivity index (χ4v) is 8.28. The Morgan fingerprint density at radius 1 is 0.194 bits per heavy atom. The first-order valence-electron chi connectivity index (χ1n) is 20.6. The Kier molecular flexibility index (Phi) is 9.41. The molecule has 290 valence electrons. The predicted molar refractivity (Wildman–Crippen MR) is 252 cm³/mol. The monoisotopic (exact) mass is 792 g/mol. The van der Waals surface area contributed by atoms with E-state index in [4.69, 9.17) is 29.9 Å². The van der Waals surface area contributed by atoms with Gasteiger partial charge in [-0.05, 0) is 38.4 Å². The molecule has 0 aliphatic rings. The maximum absolute atomic E-state index is 5.20. The molecule has 62 heavy (non-hydrogen) atoms. The quantitative estimate of drug-likeness (QED) is 0.143. The summed E-state index contributed by atoms with van der Waals surface area (Å²) in [6, 6.07) is 74.8. The van der Waals surface area contributed by atoms with Crippen molar-refractivity contribution in [3.05, 3.63) is 218 Å². The molecular formula is C56H36N6. The number of aromatic nitrogens is 6. The minimum absolute atomic E-state index is 0.608. The average molecular weight is 793 g/mol. The van der Waals surface area contributed by atoms with Gasteiger partial charge in [-0.15, -0.1) is 0 Å². The molecule has 6 heteroatoms. The fraction of sp³-hybridized carbons (Fsp3) is 0. The van der Waals surface area contributed by atoms with Crippen LogP contribution in [0.4, 0.5) is 0 Å². The summed E-state index contributed by atoms with van der Waals surface area (Å²) < 4.78 is 0. The SMILES string of the molecule is c1ccc(-c2nc(-c3ccccc3)nc(-c3ccc(-c4c(-c5ccccc5)c5ccccc5c5c(-c6nc(-c7ccccc7)nc(-c7ccccc7)n6)cccc45)cc3)n2)cc1. The largest absolute Gasteiger partial charge is 0.208 e. The first-order chi connectivity index (χ1) is 30.7. The molecule has 11 aromatic rings. The molecule has 6 nitrogen and oxygen atoms in total.